The van der Waals surface area contributed by atoms with E-state index in [1.165, 1.54) is 12.1 Å². The normalized spacial score (nSPS) is 15.7. The minimum atomic E-state index is -3.61. The van der Waals surface area contributed by atoms with Crippen LogP contribution in [0.4, 0.5) is 11.5 Å². The van der Waals surface area contributed by atoms with Crippen molar-refractivity contribution in [2.45, 2.75) is 31.2 Å². The van der Waals surface area contributed by atoms with Crippen LogP contribution >= 0.6 is 0 Å². The molecule has 0 atom stereocenters. The summed E-state index contributed by atoms with van der Waals surface area (Å²) in [6, 6.07) is 8.16. The second-order valence-corrected chi connectivity index (χ2v) is 10.8. The van der Waals surface area contributed by atoms with E-state index in [2.05, 4.69) is 34.8 Å². The topological polar surface area (TPSA) is 123 Å². The van der Waals surface area contributed by atoms with Crippen molar-refractivity contribution < 1.29 is 13.2 Å². The van der Waals surface area contributed by atoms with Gasteiger partial charge in [-0.25, -0.2) is 23.1 Å². The summed E-state index contributed by atoms with van der Waals surface area (Å²) in [4.78, 5) is 28.7. The molecule has 0 unspecified atom stereocenters. The summed E-state index contributed by atoms with van der Waals surface area (Å²) in [5.74, 6) is 0.767. The van der Waals surface area contributed by atoms with E-state index in [-0.39, 0.29) is 17.3 Å². The number of H-pyrrole nitrogens is 1. The predicted octanol–water partition coefficient (Wildman–Crippen LogP) is 1.80. The van der Waals surface area contributed by atoms with Gasteiger partial charge < -0.3 is 15.2 Å². The summed E-state index contributed by atoms with van der Waals surface area (Å²) in [5, 5.41) is 3.84. The van der Waals surface area contributed by atoms with Crippen LogP contribution in [0.1, 0.15) is 20.8 Å². The van der Waals surface area contributed by atoms with Crippen molar-refractivity contribution in [1.82, 2.24) is 24.6 Å². The molecule has 1 fully saturated rings. The molecule has 10 nitrogen and oxygen atoms in total. The molecule has 11 heteroatoms. The van der Waals surface area contributed by atoms with Crippen molar-refractivity contribution in [3.8, 4) is 0 Å². The standard InChI is InChI=1S/C22H29N7O3S/c1-22(2,3)27-33(31,32)17-6-4-16(5-7-17)26-19(30)14-28-10-12-29(13-11-28)21-18-8-9-23-20(18)24-15-25-21/h4-9,15,27H,10-14H2,1-3H3,(H,26,30)(H,23,24,25). The van der Waals surface area contributed by atoms with Crippen LogP contribution in [0.5, 0.6) is 0 Å². The monoisotopic (exact) mass is 471 g/mol. The first-order valence-electron chi connectivity index (χ1n) is 10.8. The Balaban J connectivity index is 1.30. The first-order chi connectivity index (χ1) is 15.6. The van der Waals surface area contributed by atoms with E-state index in [1.807, 2.05) is 12.3 Å². The van der Waals surface area contributed by atoms with E-state index >= 15 is 0 Å². The molecule has 3 N–H and O–H groups in total. The van der Waals surface area contributed by atoms with Gasteiger partial charge in [-0.1, -0.05) is 0 Å². The number of benzene rings is 1. The molecule has 0 radical (unpaired) electrons. The van der Waals surface area contributed by atoms with Crippen molar-refractivity contribution in [2.75, 3.05) is 42.9 Å². The van der Waals surface area contributed by atoms with E-state index in [0.717, 1.165) is 43.0 Å². The summed E-state index contributed by atoms with van der Waals surface area (Å²) < 4.78 is 27.4. The van der Waals surface area contributed by atoms with E-state index in [0.29, 0.717) is 5.69 Å². The average Bonchev–Trinajstić information content (AvgIpc) is 3.22. The average molecular weight is 472 g/mol. The molecule has 1 amide bonds. The predicted molar refractivity (Wildman–Crippen MR) is 128 cm³/mol. The van der Waals surface area contributed by atoms with Gasteiger partial charge >= 0.3 is 0 Å². The summed E-state index contributed by atoms with van der Waals surface area (Å²) in [6.07, 6.45) is 3.41. The second-order valence-electron chi connectivity index (χ2n) is 9.13. The molecule has 33 heavy (non-hydrogen) atoms. The molecule has 1 aromatic carbocycles. The van der Waals surface area contributed by atoms with Crippen LogP contribution < -0.4 is 14.9 Å². The van der Waals surface area contributed by atoms with Crippen molar-refractivity contribution in [2.24, 2.45) is 0 Å². The van der Waals surface area contributed by atoms with Gasteiger partial charge in [-0.05, 0) is 51.1 Å². The van der Waals surface area contributed by atoms with Gasteiger partial charge in [0, 0.05) is 43.6 Å². The lowest BCUT2D eigenvalue weighted by Crippen LogP contribution is -2.49. The first kappa shape index (κ1) is 23.1. The fourth-order valence-electron chi connectivity index (χ4n) is 3.81. The van der Waals surface area contributed by atoms with E-state index < -0.39 is 15.6 Å². The first-order valence-corrected chi connectivity index (χ1v) is 12.3. The minimum absolute atomic E-state index is 0.137. The van der Waals surface area contributed by atoms with Gasteiger partial charge in [0.1, 0.15) is 17.8 Å². The van der Waals surface area contributed by atoms with Gasteiger partial charge in [0.25, 0.3) is 0 Å². The molecule has 0 aliphatic carbocycles. The van der Waals surface area contributed by atoms with E-state index in [4.69, 9.17) is 0 Å². The number of carbonyl (C=O) groups excluding carboxylic acids is 1. The number of hydrogen-bond acceptors (Lipinski definition) is 7. The number of anilines is 2. The highest BCUT2D eigenvalue weighted by Gasteiger charge is 2.23. The number of amides is 1. The third kappa shape index (κ3) is 5.67. The molecule has 176 valence electrons. The van der Waals surface area contributed by atoms with Crippen molar-refractivity contribution >= 4 is 38.5 Å². The SMILES string of the molecule is CC(C)(C)NS(=O)(=O)c1ccc(NC(=O)CN2CCN(c3ncnc4[nH]ccc34)CC2)cc1. The zero-order valence-electron chi connectivity index (χ0n) is 19.0. The Morgan fingerprint density at radius 3 is 2.42 bits per heavy atom. The molecule has 2 aromatic heterocycles. The maximum Gasteiger partial charge on any atom is 0.241 e. The number of piperazine rings is 1. The largest absolute Gasteiger partial charge is 0.353 e. The number of carbonyl (C=O) groups is 1. The molecule has 3 heterocycles. The smallest absolute Gasteiger partial charge is 0.241 e. The molecule has 0 saturated carbocycles. The van der Waals surface area contributed by atoms with Crippen molar-refractivity contribution in [3.63, 3.8) is 0 Å². The van der Waals surface area contributed by atoms with Crippen molar-refractivity contribution in [3.05, 3.63) is 42.9 Å². The van der Waals surface area contributed by atoms with Crippen LogP contribution in [0.25, 0.3) is 11.0 Å². The summed E-state index contributed by atoms with van der Waals surface area (Å²) >= 11 is 0. The Kier molecular flexibility index (Phi) is 6.37. The Morgan fingerprint density at radius 1 is 1.06 bits per heavy atom. The van der Waals surface area contributed by atoms with Gasteiger partial charge in [-0.15, -0.1) is 0 Å². The zero-order valence-corrected chi connectivity index (χ0v) is 19.8. The highest BCUT2D eigenvalue weighted by atomic mass is 32.2. The number of sulfonamides is 1. The molecule has 1 aliphatic rings. The second kappa shape index (κ2) is 9.08. The van der Waals surface area contributed by atoms with Crippen molar-refractivity contribution in [1.29, 1.82) is 0 Å². The van der Waals surface area contributed by atoms with Crippen LogP contribution in [0.15, 0.2) is 47.8 Å². The Labute approximate surface area is 193 Å². The summed E-state index contributed by atoms with van der Waals surface area (Å²) in [5.41, 5.74) is 0.801. The van der Waals surface area contributed by atoms with Crippen LogP contribution in [0.3, 0.4) is 0 Å². The number of nitrogens with zero attached hydrogens (tertiary/aromatic N) is 4. The van der Waals surface area contributed by atoms with Gasteiger partial charge in [-0.3, -0.25) is 9.69 Å². The van der Waals surface area contributed by atoms with E-state index in [1.54, 1.807) is 39.2 Å². The number of rotatable bonds is 6. The van der Waals surface area contributed by atoms with Gasteiger partial charge in [-0.2, -0.15) is 0 Å². The quantitative estimate of drug-likeness (QED) is 0.501. The fourth-order valence-corrected chi connectivity index (χ4v) is 5.23. The zero-order chi connectivity index (χ0) is 23.6. The maximum absolute atomic E-state index is 12.5. The van der Waals surface area contributed by atoms with Gasteiger partial charge in [0.05, 0.1) is 16.8 Å². The lowest BCUT2D eigenvalue weighted by molar-refractivity contribution is -0.117. The van der Waals surface area contributed by atoms with Crippen LogP contribution in [-0.2, 0) is 14.8 Å². The molecular weight excluding hydrogens is 442 g/mol. The Hall–Kier alpha value is -3.02. The highest BCUT2D eigenvalue weighted by Crippen LogP contribution is 2.23. The number of aromatic amines is 1. The molecule has 0 bridgehead atoms. The minimum Gasteiger partial charge on any atom is -0.353 e. The van der Waals surface area contributed by atoms with Crippen LogP contribution in [0.2, 0.25) is 0 Å². The lowest BCUT2D eigenvalue weighted by atomic mass is 10.1. The third-order valence-corrected chi connectivity index (χ3v) is 7.03. The number of hydrogen-bond donors (Lipinski definition) is 3. The Bertz CT molecular complexity index is 1220. The van der Waals surface area contributed by atoms with Crippen LogP contribution in [-0.4, -0.2) is 72.4 Å². The number of nitrogens with one attached hydrogen (secondary N) is 3. The molecule has 0 spiro atoms. The summed E-state index contributed by atoms with van der Waals surface area (Å²) in [6.45, 7) is 8.62. The lowest BCUT2D eigenvalue weighted by Gasteiger charge is -2.35. The highest BCUT2D eigenvalue weighted by molar-refractivity contribution is 7.89. The molecule has 1 saturated heterocycles. The molecule has 4 rings (SSSR count). The van der Waals surface area contributed by atoms with Gasteiger partial charge in [0.15, 0.2) is 0 Å². The maximum atomic E-state index is 12.5. The number of aromatic nitrogens is 3. The Morgan fingerprint density at radius 2 is 1.76 bits per heavy atom. The summed E-state index contributed by atoms with van der Waals surface area (Å²) in [7, 11) is -3.61. The van der Waals surface area contributed by atoms with E-state index in [9.17, 15) is 13.2 Å². The molecule has 3 aromatic rings. The van der Waals surface area contributed by atoms with Gasteiger partial charge in [0.2, 0.25) is 15.9 Å². The number of fused-ring (bicyclic) bond motifs is 1. The van der Waals surface area contributed by atoms with Crippen LogP contribution in [0, 0.1) is 0 Å². The molecule has 1 aliphatic heterocycles. The fraction of sp³-hybridized carbons (Fsp3) is 0.409. The third-order valence-electron chi connectivity index (χ3n) is 5.26. The molecular formula is C22H29N7O3S.